The molecule has 1 saturated heterocycles. The minimum absolute atomic E-state index is 0.247. The van der Waals surface area contributed by atoms with Crippen LogP contribution in [-0.2, 0) is 9.84 Å². The van der Waals surface area contributed by atoms with E-state index < -0.39 is 9.84 Å². The van der Waals surface area contributed by atoms with E-state index in [1.807, 2.05) is 0 Å². The molecule has 0 aromatic rings. The highest BCUT2D eigenvalue weighted by atomic mass is 32.2. The van der Waals surface area contributed by atoms with Crippen molar-refractivity contribution < 1.29 is 8.42 Å². The maximum absolute atomic E-state index is 10.9. The lowest BCUT2D eigenvalue weighted by atomic mass is 9.94. The predicted molar refractivity (Wildman–Crippen MR) is 62.5 cm³/mol. The summed E-state index contributed by atoms with van der Waals surface area (Å²) >= 11 is 0. The Balaban J connectivity index is 2.23. The summed E-state index contributed by atoms with van der Waals surface area (Å²) in [6.07, 6.45) is 3.14. The molecular formula is C10H22N2O2S. The zero-order valence-electron chi connectivity index (χ0n) is 9.65. The Labute approximate surface area is 92.7 Å². The van der Waals surface area contributed by atoms with Gasteiger partial charge < -0.3 is 10.6 Å². The third-order valence-electron chi connectivity index (χ3n) is 3.09. The van der Waals surface area contributed by atoms with Crippen LogP contribution in [0.25, 0.3) is 0 Å². The SMILES string of the molecule is CC1CCN(CCCS(C)(=O)=O)CC1N. The van der Waals surface area contributed by atoms with Crippen molar-refractivity contribution in [1.29, 1.82) is 0 Å². The highest BCUT2D eigenvalue weighted by molar-refractivity contribution is 7.90. The van der Waals surface area contributed by atoms with Crippen LogP contribution in [0.5, 0.6) is 0 Å². The van der Waals surface area contributed by atoms with E-state index in [0.717, 1.165) is 32.5 Å². The third kappa shape index (κ3) is 4.95. The fourth-order valence-electron chi connectivity index (χ4n) is 1.92. The molecule has 1 aliphatic heterocycles. The highest BCUT2D eigenvalue weighted by Gasteiger charge is 2.22. The molecule has 15 heavy (non-hydrogen) atoms. The Morgan fingerprint density at radius 1 is 1.47 bits per heavy atom. The molecule has 90 valence electrons. The Morgan fingerprint density at radius 2 is 2.13 bits per heavy atom. The Kier molecular flexibility index (Phi) is 4.55. The second-order valence-corrected chi connectivity index (χ2v) is 6.97. The summed E-state index contributed by atoms with van der Waals surface area (Å²) < 4.78 is 21.9. The average molecular weight is 234 g/mol. The molecule has 1 heterocycles. The lowest BCUT2D eigenvalue weighted by molar-refractivity contribution is 0.169. The minimum Gasteiger partial charge on any atom is -0.326 e. The first-order valence-corrected chi connectivity index (χ1v) is 7.60. The molecule has 2 atom stereocenters. The first kappa shape index (κ1) is 12.9. The lowest BCUT2D eigenvalue weighted by Gasteiger charge is -2.34. The molecule has 0 aromatic heterocycles. The van der Waals surface area contributed by atoms with Crippen molar-refractivity contribution in [3.63, 3.8) is 0 Å². The van der Waals surface area contributed by atoms with Crippen LogP contribution >= 0.6 is 0 Å². The fourth-order valence-corrected chi connectivity index (χ4v) is 2.58. The summed E-state index contributed by atoms with van der Waals surface area (Å²) in [5.41, 5.74) is 5.97. The van der Waals surface area contributed by atoms with Crippen molar-refractivity contribution in [3.8, 4) is 0 Å². The third-order valence-corrected chi connectivity index (χ3v) is 4.12. The lowest BCUT2D eigenvalue weighted by Crippen LogP contribution is -2.47. The van der Waals surface area contributed by atoms with Crippen LogP contribution in [-0.4, -0.2) is 51.0 Å². The van der Waals surface area contributed by atoms with Gasteiger partial charge in [-0.3, -0.25) is 0 Å². The van der Waals surface area contributed by atoms with Gasteiger partial charge in [0.05, 0.1) is 5.75 Å². The Bertz CT molecular complexity index is 290. The van der Waals surface area contributed by atoms with E-state index in [0.29, 0.717) is 5.92 Å². The quantitative estimate of drug-likeness (QED) is 0.749. The van der Waals surface area contributed by atoms with Crippen molar-refractivity contribution in [2.75, 3.05) is 31.6 Å². The molecule has 4 nitrogen and oxygen atoms in total. The molecule has 0 aliphatic carbocycles. The number of rotatable bonds is 4. The maximum atomic E-state index is 10.9. The molecule has 2 unspecified atom stereocenters. The fraction of sp³-hybridized carbons (Fsp3) is 1.00. The van der Waals surface area contributed by atoms with Crippen LogP contribution in [0.3, 0.4) is 0 Å². The predicted octanol–water partition coefficient (Wildman–Crippen LogP) is 0.0902. The van der Waals surface area contributed by atoms with Gasteiger partial charge in [-0.1, -0.05) is 6.92 Å². The Hall–Kier alpha value is -0.130. The normalized spacial score (nSPS) is 29.3. The zero-order chi connectivity index (χ0) is 11.5. The number of hydrogen-bond donors (Lipinski definition) is 1. The van der Waals surface area contributed by atoms with Gasteiger partial charge in [-0.2, -0.15) is 0 Å². The van der Waals surface area contributed by atoms with E-state index in [9.17, 15) is 8.42 Å². The molecule has 2 N–H and O–H groups in total. The van der Waals surface area contributed by atoms with Gasteiger partial charge in [-0.15, -0.1) is 0 Å². The summed E-state index contributed by atoms with van der Waals surface area (Å²) in [5.74, 6) is 0.880. The van der Waals surface area contributed by atoms with E-state index in [4.69, 9.17) is 5.73 Å². The molecule has 0 bridgehead atoms. The van der Waals surface area contributed by atoms with Crippen LogP contribution < -0.4 is 5.73 Å². The van der Waals surface area contributed by atoms with Gasteiger partial charge >= 0.3 is 0 Å². The summed E-state index contributed by atoms with van der Waals surface area (Å²) in [4.78, 5) is 2.27. The van der Waals surface area contributed by atoms with Gasteiger partial charge in [0.1, 0.15) is 9.84 Å². The molecular weight excluding hydrogens is 212 g/mol. The summed E-state index contributed by atoms with van der Waals surface area (Å²) in [7, 11) is -2.81. The van der Waals surface area contributed by atoms with Crippen LogP contribution in [0.2, 0.25) is 0 Å². The molecule has 0 spiro atoms. The molecule has 1 aliphatic rings. The monoisotopic (exact) mass is 234 g/mol. The molecule has 0 amide bonds. The van der Waals surface area contributed by atoms with Crippen LogP contribution in [0, 0.1) is 5.92 Å². The molecule has 1 rings (SSSR count). The van der Waals surface area contributed by atoms with Gasteiger partial charge in [0.2, 0.25) is 0 Å². The standard InChI is InChI=1S/C10H22N2O2S/c1-9-4-6-12(8-10(9)11)5-3-7-15(2,13)14/h9-10H,3-8,11H2,1-2H3. The van der Waals surface area contributed by atoms with Gasteiger partial charge in [0, 0.05) is 18.8 Å². The van der Waals surface area contributed by atoms with Crippen molar-refractivity contribution in [2.24, 2.45) is 11.7 Å². The zero-order valence-corrected chi connectivity index (χ0v) is 10.5. The Morgan fingerprint density at radius 3 is 2.67 bits per heavy atom. The van der Waals surface area contributed by atoms with Crippen LogP contribution in [0.15, 0.2) is 0 Å². The highest BCUT2D eigenvalue weighted by Crippen LogP contribution is 2.15. The van der Waals surface area contributed by atoms with Crippen LogP contribution in [0.4, 0.5) is 0 Å². The van der Waals surface area contributed by atoms with E-state index in [1.165, 1.54) is 6.26 Å². The van der Waals surface area contributed by atoms with Crippen molar-refractivity contribution >= 4 is 9.84 Å². The summed E-state index contributed by atoms with van der Waals surface area (Å²) in [6.45, 7) is 5.00. The number of nitrogens with two attached hydrogens (primary N) is 1. The van der Waals surface area contributed by atoms with E-state index in [2.05, 4.69) is 11.8 Å². The smallest absolute Gasteiger partial charge is 0.147 e. The number of piperidine rings is 1. The van der Waals surface area contributed by atoms with Gasteiger partial charge in [-0.05, 0) is 31.8 Å². The van der Waals surface area contributed by atoms with Crippen molar-refractivity contribution in [2.45, 2.75) is 25.8 Å². The number of likely N-dealkylation sites (tertiary alicyclic amines) is 1. The number of hydrogen-bond acceptors (Lipinski definition) is 4. The minimum atomic E-state index is -2.81. The largest absolute Gasteiger partial charge is 0.326 e. The second-order valence-electron chi connectivity index (χ2n) is 4.71. The van der Waals surface area contributed by atoms with Gasteiger partial charge in [0.25, 0.3) is 0 Å². The summed E-state index contributed by atoms with van der Waals surface area (Å²) in [6, 6.07) is 0.247. The molecule has 0 saturated carbocycles. The molecule has 0 radical (unpaired) electrons. The number of sulfone groups is 1. The first-order valence-electron chi connectivity index (χ1n) is 5.54. The van der Waals surface area contributed by atoms with E-state index in [1.54, 1.807) is 0 Å². The molecule has 1 fully saturated rings. The average Bonchev–Trinajstić information content (AvgIpc) is 2.09. The van der Waals surface area contributed by atoms with E-state index in [-0.39, 0.29) is 11.8 Å². The molecule has 0 aromatic carbocycles. The number of nitrogens with zero attached hydrogens (tertiary/aromatic N) is 1. The van der Waals surface area contributed by atoms with Crippen LogP contribution in [0.1, 0.15) is 19.8 Å². The topological polar surface area (TPSA) is 63.4 Å². The molecule has 5 heteroatoms. The summed E-state index contributed by atoms with van der Waals surface area (Å²) in [5, 5.41) is 0. The van der Waals surface area contributed by atoms with E-state index >= 15 is 0 Å². The first-order chi connectivity index (χ1) is 6.88. The van der Waals surface area contributed by atoms with Gasteiger partial charge in [-0.25, -0.2) is 8.42 Å². The second kappa shape index (κ2) is 5.27. The van der Waals surface area contributed by atoms with Gasteiger partial charge in [0.15, 0.2) is 0 Å². The van der Waals surface area contributed by atoms with Crippen molar-refractivity contribution in [3.05, 3.63) is 0 Å². The maximum Gasteiger partial charge on any atom is 0.147 e. The van der Waals surface area contributed by atoms with Crippen molar-refractivity contribution in [1.82, 2.24) is 4.90 Å².